The number of carbonyl (C=O) groups is 1. The van der Waals surface area contributed by atoms with Gasteiger partial charge in [-0.3, -0.25) is 10.1 Å². The standard InChI is InChI=1S/C23H27N3O2/c1-25(2)20-13-11-18(12-14-20)17-26(3)22(27)16-24-23(21-10-7-15-28-21)19-8-5-4-6-9-19/h4-15,23-24H,16-17H2,1-3H3/t23-/m1/s1. The number of hydrogen-bond acceptors (Lipinski definition) is 4. The molecule has 0 bridgehead atoms. The van der Waals surface area contributed by atoms with Crippen molar-refractivity contribution in [2.24, 2.45) is 0 Å². The lowest BCUT2D eigenvalue weighted by molar-refractivity contribution is -0.129. The van der Waals surface area contributed by atoms with Crippen molar-refractivity contribution in [3.05, 3.63) is 89.9 Å². The summed E-state index contributed by atoms with van der Waals surface area (Å²) in [5, 5.41) is 3.34. The van der Waals surface area contributed by atoms with Gasteiger partial charge in [0.05, 0.1) is 18.8 Å². The molecule has 1 aromatic heterocycles. The molecule has 0 saturated carbocycles. The van der Waals surface area contributed by atoms with Gasteiger partial charge in [-0.25, -0.2) is 0 Å². The molecule has 0 unspecified atom stereocenters. The molecule has 1 heterocycles. The van der Waals surface area contributed by atoms with Gasteiger partial charge in [0.15, 0.2) is 0 Å². The van der Waals surface area contributed by atoms with Crippen molar-refractivity contribution in [1.82, 2.24) is 10.2 Å². The Hall–Kier alpha value is -3.05. The van der Waals surface area contributed by atoms with Crippen LogP contribution in [0.25, 0.3) is 0 Å². The second-order valence-electron chi connectivity index (χ2n) is 7.05. The number of carbonyl (C=O) groups excluding carboxylic acids is 1. The van der Waals surface area contributed by atoms with Gasteiger partial charge in [-0.15, -0.1) is 0 Å². The van der Waals surface area contributed by atoms with Crippen LogP contribution in [0.2, 0.25) is 0 Å². The topological polar surface area (TPSA) is 48.7 Å². The van der Waals surface area contributed by atoms with Crippen molar-refractivity contribution in [3.8, 4) is 0 Å². The summed E-state index contributed by atoms with van der Waals surface area (Å²) in [6, 6.07) is 21.9. The fourth-order valence-corrected chi connectivity index (χ4v) is 3.07. The average Bonchev–Trinajstić information content (AvgIpc) is 3.23. The maximum absolute atomic E-state index is 12.7. The van der Waals surface area contributed by atoms with Crippen LogP contribution < -0.4 is 10.2 Å². The lowest BCUT2D eigenvalue weighted by atomic mass is 10.0. The van der Waals surface area contributed by atoms with E-state index in [1.165, 1.54) is 0 Å². The molecule has 0 aliphatic carbocycles. The number of likely N-dealkylation sites (N-methyl/N-ethyl adjacent to an activating group) is 1. The summed E-state index contributed by atoms with van der Waals surface area (Å²) in [5.74, 6) is 0.824. The number of nitrogens with zero attached hydrogens (tertiary/aromatic N) is 2. The van der Waals surface area contributed by atoms with E-state index >= 15 is 0 Å². The Kier molecular flexibility index (Phi) is 6.50. The van der Waals surface area contributed by atoms with E-state index in [0.717, 1.165) is 22.6 Å². The quantitative estimate of drug-likeness (QED) is 0.651. The summed E-state index contributed by atoms with van der Waals surface area (Å²) >= 11 is 0. The van der Waals surface area contributed by atoms with Crippen molar-refractivity contribution in [2.75, 3.05) is 32.6 Å². The first-order valence-corrected chi connectivity index (χ1v) is 9.36. The monoisotopic (exact) mass is 377 g/mol. The van der Waals surface area contributed by atoms with E-state index in [1.54, 1.807) is 11.2 Å². The van der Waals surface area contributed by atoms with E-state index in [2.05, 4.69) is 34.5 Å². The predicted molar refractivity (Wildman–Crippen MR) is 112 cm³/mol. The van der Waals surface area contributed by atoms with Gasteiger partial charge in [0.2, 0.25) is 5.91 Å². The molecule has 0 saturated heterocycles. The molecule has 1 atom stereocenters. The summed E-state index contributed by atoms with van der Waals surface area (Å²) in [7, 11) is 5.85. The van der Waals surface area contributed by atoms with Crippen molar-refractivity contribution in [2.45, 2.75) is 12.6 Å². The number of nitrogens with one attached hydrogen (secondary N) is 1. The highest BCUT2D eigenvalue weighted by molar-refractivity contribution is 5.78. The first kappa shape index (κ1) is 19.7. The highest BCUT2D eigenvalue weighted by Gasteiger charge is 2.18. The molecule has 5 heteroatoms. The van der Waals surface area contributed by atoms with Crippen LogP contribution in [0.4, 0.5) is 5.69 Å². The number of anilines is 1. The summed E-state index contributed by atoms with van der Waals surface area (Å²) in [4.78, 5) is 16.4. The van der Waals surface area contributed by atoms with E-state index in [0.29, 0.717) is 6.54 Å². The Labute approximate surface area is 166 Å². The summed E-state index contributed by atoms with van der Waals surface area (Å²) in [5.41, 5.74) is 3.31. The normalized spacial score (nSPS) is 11.8. The third-order valence-corrected chi connectivity index (χ3v) is 4.72. The molecule has 3 rings (SSSR count). The minimum atomic E-state index is -0.159. The molecular formula is C23H27N3O2. The number of hydrogen-bond donors (Lipinski definition) is 1. The molecule has 1 amide bonds. The average molecular weight is 377 g/mol. The third-order valence-electron chi connectivity index (χ3n) is 4.72. The van der Waals surface area contributed by atoms with E-state index in [9.17, 15) is 4.79 Å². The molecule has 0 aliphatic rings. The van der Waals surface area contributed by atoms with E-state index in [1.807, 2.05) is 63.6 Å². The van der Waals surface area contributed by atoms with Crippen LogP contribution in [0.1, 0.15) is 22.9 Å². The fourth-order valence-electron chi connectivity index (χ4n) is 3.07. The maximum atomic E-state index is 12.7. The molecule has 0 fully saturated rings. The Morgan fingerprint density at radius 1 is 0.964 bits per heavy atom. The van der Waals surface area contributed by atoms with Gasteiger partial charge in [0.25, 0.3) is 0 Å². The van der Waals surface area contributed by atoms with Crippen LogP contribution in [-0.4, -0.2) is 38.5 Å². The Balaban J connectivity index is 1.61. The first-order valence-electron chi connectivity index (χ1n) is 9.36. The number of rotatable bonds is 8. The van der Waals surface area contributed by atoms with E-state index < -0.39 is 0 Å². The Morgan fingerprint density at radius 3 is 2.29 bits per heavy atom. The first-order chi connectivity index (χ1) is 13.5. The minimum absolute atomic E-state index is 0.0316. The largest absolute Gasteiger partial charge is 0.467 e. The highest BCUT2D eigenvalue weighted by atomic mass is 16.3. The van der Waals surface area contributed by atoms with Gasteiger partial charge in [-0.2, -0.15) is 0 Å². The maximum Gasteiger partial charge on any atom is 0.236 e. The van der Waals surface area contributed by atoms with Gasteiger partial charge in [-0.1, -0.05) is 42.5 Å². The molecule has 3 aromatic rings. The van der Waals surface area contributed by atoms with E-state index in [-0.39, 0.29) is 18.5 Å². The Bertz CT molecular complexity index is 859. The van der Waals surface area contributed by atoms with Crippen LogP contribution in [0, 0.1) is 0 Å². The molecule has 0 spiro atoms. The smallest absolute Gasteiger partial charge is 0.236 e. The van der Waals surface area contributed by atoms with Crippen molar-refractivity contribution in [3.63, 3.8) is 0 Å². The summed E-state index contributed by atoms with van der Waals surface area (Å²) in [6.07, 6.45) is 1.65. The lowest BCUT2D eigenvalue weighted by Crippen LogP contribution is -2.37. The van der Waals surface area contributed by atoms with Crippen molar-refractivity contribution < 1.29 is 9.21 Å². The molecule has 0 aliphatic heterocycles. The Morgan fingerprint density at radius 2 is 1.68 bits per heavy atom. The van der Waals surface area contributed by atoms with Crippen LogP contribution >= 0.6 is 0 Å². The highest BCUT2D eigenvalue weighted by Crippen LogP contribution is 2.22. The zero-order chi connectivity index (χ0) is 19.9. The molecule has 146 valence electrons. The van der Waals surface area contributed by atoms with Crippen LogP contribution in [-0.2, 0) is 11.3 Å². The molecule has 28 heavy (non-hydrogen) atoms. The van der Waals surface area contributed by atoms with Crippen molar-refractivity contribution in [1.29, 1.82) is 0 Å². The van der Waals surface area contributed by atoms with Gasteiger partial charge < -0.3 is 14.2 Å². The molecule has 5 nitrogen and oxygen atoms in total. The summed E-state index contributed by atoms with van der Waals surface area (Å²) in [6.45, 7) is 0.803. The van der Waals surface area contributed by atoms with Gasteiger partial charge >= 0.3 is 0 Å². The summed E-state index contributed by atoms with van der Waals surface area (Å²) < 4.78 is 5.58. The molecule has 1 N–H and O–H groups in total. The van der Waals surface area contributed by atoms with Gasteiger partial charge in [0, 0.05) is 33.4 Å². The zero-order valence-electron chi connectivity index (χ0n) is 16.6. The fraction of sp³-hybridized carbons (Fsp3) is 0.261. The third kappa shape index (κ3) is 5.02. The minimum Gasteiger partial charge on any atom is -0.467 e. The lowest BCUT2D eigenvalue weighted by Gasteiger charge is -2.21. The second-order valence-corrected chi connectivity index (χ2v) is 7.05. The second kappa shape index (κ2) is 9.24. The number of benzene rings is 2. The van der Waals surface area contributed by atoms with Gasteiger partial charge in [0.1, 0.15) is 5.76 Å². The molecular weight excluding hydrogens is 350 g/mol. The van der Waals surface area contributed by atoms with Crippen molar-refractivity contribution >= 4 is 11.6 Å². The van der Waals surface area contributed by atoms with Crippen LogP contribution in [0.5, 0.6) is 0 Å². The van der Waals surface area contributed by atoms with Gasteiger partial charge in [-0.05, 0) is 35.4 Å². The van der Waals surface area contributed by atoms with Crippen LogP contribution in [0.15, 0.2) is 77.4 Å². The number of furan rings is 1. The molecule has 0 radical (unpaired) electrons. The SMILES string of the molecule is CN(Cc1ccc(N(C)C)cc1)C(=O)CN[C@H](c1ccccc1)c1ccco1. The zero-order valence-corrected chi connectivity index (χ0v) is 16.6. The number of amides is 1. The predicted octanol–water partition coefficient (Wildman–Crippen LogP) is 3.68. The van der Waals surface area contributed by atoms with Crippen LogP contribution in [0.3, 0.4) is 0 Å². The molecule has 2 aromatic carbocycles. The van der Waals surface area contributed by atoms with E-state index in [4.69, 9.17) is 4.42 Å².